The van der Waals surface area contributed by atoms with Crippen LogP contribution in [0.3, 0.4) is 0 Å². The highest BCUT2D eigenvalue weighted by Crippen LogP contribution is 2.38. The quantitative estimate of drug-likeness (QED) is 0.147. The summed E-state index contributed by atoms with van der Waals surface area (Å²) in [6.45, 7) is 6.64. The van der Waals surface area contributed by atoms with E-state index in [2.05, 4.69) is 228 Å². The first-order valence-electron chi connectivity index (χ1n) is 19.6. The Morgan fingerprint density at radius 2 is 0.930 bits per heavy atom. The molecule has 10 rings (SSSR count). The lowest BCUT2D eigenvalue weighted by molar-refractivity contribution is 0.526. The summed E-state index contributed by atoms with van der Waals surface area (Å²) in [5, 5.41) is 8.65. The van der Waals surface area contributed by atoms with Gasteiger partial charge in [-0.05, 0) is 118 Å². The lowest BCUT2D eigenvalue weighted by Crippen LogP contribution is -2.18. The van der Waals surface area contributed by atoms with Crippen LogP contribution in [0.25, 0.3) is 88.3 Å². The first-order valence-corrected chi connectivity index (χ1v) is 19.6. The molecule has 3 heteroatoms. The summed E-state index contributed by atoms with van der Waals surface area (Å²) in [7, 11) is 0. The van der Waals surface area contributed by atoms with E-state index in [9.17, 15) is 0 Å². The molecule has 0 spiro atoms. The average molecular weight is 732 g/mol. The summed E-state index contributed by atoms with van der Waals surface area (Å²) in [6, 6.07) is 69.8. The molecule has 0 radical (unpaired) electrons. The van der Waals surface area contributed by atoms with Crippen LogP contribution in [0.2, 0.25) is 0 Å². The molecule has 0 aliphatic carbocycles. The Bertz CT molecular complexity index is 3110. The number of nitrogens with zero attached hydrogens (tertiary/aromatic N) is 2. The number of aromatic nitrogens is 2. The van der Waals surface area contributed by atoms with Crippen LogP contribution in [0.4, 0.5) is 0 Å². The Labute approximate surface area is 333 Å². The van der Waals surface area contributed by atoms with Crippen LogP contribution in [0.5, 0.6) is 0 Å². The summed E-state index contributed by atoms with van der Waals surface area (Å²) < 4.78 is 4.77. The summed E-state index contributed by atoms with van der Waals surface area (Å²) >= 11 is 0. The van der Waals surface area contributed by atoms with Gasteiger partial charge in [0.2, 0.25) is 0 Å². The predicted molar refractivity (Wildman–Crippen MR) is 243 cm³/mol. The van der Waals surface area contributed by atoms with Gasteiger partial charge in [0.1, 0.15) is 6.17 Å². The molecule has 0 aliphatic heterocycles. The van der Waals surface area contributed by atoms with Gasteiger partial charge in [-0.3, -0.25) is 0 Å². The van der Waals surface area contributed by atoms with Gasteiger partial charge in [0.25, 0.3) is 0 Å². The number of allylic oxidation sites excluding steroid dienone is 2. The van der Waals surface area contributed by atoms with Gasteiger partial charge < -0.3 is 14.5 Å². The molecule has 1 unspecified atom stereocenters. The van der Waals surface area contributed by atoms with Gasteiger partial charge in [-0.1, -0.05) is 146 Å². The molecule has 0 saturated heterocycles. The molecule has 0 saturated carbocycles. The average Bonchev–Trinajstić information content (AvgIpc) is 3.79. The molecule has 3 nitrogen and oxygen atoms in total. The fourth-order valence-electron chi connectivity index (χ4n) is 8.45. The molecule has 272 valence electrons. The van der Waals surface area contributed by atoms with Gasteiger partial charge in [0.15, 0.2) is 0 Å². The summed E-state index contributed by atoms with van der Waals surface area (Å²) in [5.74, 6) is 0. The lowest BCUT2D eigenvalue weighted by atomic mass is 9.97. The smallest absolute Gasteiger partial charge is 0.101 e. The van der Waals surface area contributed by atoms with E-state index in [1.54, 1.807) is 0 Å². The van der Waals surface area contributed by atoms with Crippen molar-refractivity contribution in [2.24, 2.45) is 0 Å². The zero-order valence-electron chi connectivity index (χ0n) is 31.8. The topological polar surface area (TPSA) is 21.9 Å². The monoisotopic (exact) mass is 731 g/mol. The van der Waals surface area contributed by atoms with Gasteiger partial charge in [-0.2, -0.15) is 0 Å². The van der Waals surface area contributed by atoms with Crippen LogP contribution in [0.1, 0.15) is 18.7 Å². The predicted octanol–water partition coefficient (Wildman–Crippen LogP) is 14.2. The Kier molecular flexibility index (Phi) is 8.61. The third kappa shape index (κ3) is 6.20. The van der Waals surface area contributed by atoms with Crippen LogP contribution in [-0.2, 0) is 0 Å². The molecule has 0 bridgehead atoms. The molecule has 1 atom stereocenters. The second kappa shape index (κ2) is 14.4. The zero-order valence-corrected chi connectivity index (χ0v) is 31.8. The minimum atomic E-state index is -0.00257. The molecule has 2 aromatic heterocycles. The maximum atomic E-state index is 4.43. The van der Waals surface area contributed by atoms with E-state index in [4.69, 9.17) is 0 Å². The molecular formula is C54H41N3. The zero-order chi connectivity index (χ0) is 38.3. The standard InChI is InChI=1S/C54H41N3/c1-37(42-16-13-17-43(34-42)41-26-24-40(25-27-41)39-14-5-3-6-15-39)32-33-55-38(2)56-51-22-11-9-20-47(51)49-35-44(28-30-53(49)56)45-29-31-54-50(36-45)48-21-10-12-23-52(48)57(54)46-18-7-4-8-19-46/h3-36,38,55H,1H2,2H3/b33-32-. The van der Waals surface area contributed by atoms with Gasteiger partial charge in [0, 0.05) is 27.2 Å². The van der Waals surface area contributed by atoms with Gasteiger partial charge in [0.05, 0.1) is 22.1 Å². The van der Waals surface area contributed by atoms with Crippen molar-refractivity contribution in [2.45, 2.75) is 13.1 Å². The van der Waals surface area contributed by atoms with Crippen molar-refractivity contribution in [1.29, 1.82) is 0 Å². The highest BCUT2D eigenvalue weighted by atomic mass is 15.2. The van der Waals surface area contributed by atoms with Crippen molar-refractivity contribution in [1.82, 2.24) is 14.5 Å². The van der Waals surface area contributed by atoms with Gasteiger partial charge in [-0.25, -0.2) is 0 Å². The molecule has 8 aromatic carbocycles. The maximum Gasteiger partial charge on any atom is 0.101 e. The van der Waals surface area contributed by atoms with Crippen LogP contribution in [0, 0.1) is 0 Å². The number of hydrogen-bond donors (Lipinski definition) is 1. The normalized spacial score (nSPS) is 12.2. The Balaban J connectivity index is 0.923. The summed E-state index contributed by atoms with van der Waals surface area (Å²) in [6.07, 6.45) is 4.10. The fourth-order valence-corrected chi connectivity index (χ4v) is 8.45. The van der Waals surface area contributed by atoms with Crippen molar-refractivity contribution < 1.29 is 0 Å². The highest BCUT2D eigenvalue weighted by Gasteiger charge is 2.17. The summed E-state index contributed by atoms with van der Waals surface area (Å²) in [5.41, 5.74) is 15.2. The molecule has 0 amide bonds. The SMILES string of the molecule is C=C(/C=C\NC(C)n1c2ccccc2c2cc(-c3ccc4c(c3)c3ccccc3n4-c3ccccc3)ccc21)c1cccc(-c2ccc(-c3ccccc3)cc2)c1. The van der Waals surface area contributed by atoms with E-state index in [1.165, 1.54) is 82.7 Å². The van der Waals surface area contributed by atoms with E-state index in [1.807, 2.05) is 6.20 Å². The van der Waals surface area contributed by atoms with Crippen LogP contribution < -0.4 is 5.32 Å². The van der Waals surface area contributed by atoms with Gasteiger partial charge >= 0.3 is 0 Å². The number of nitrogens with one attached hydrogen (secondary N) is 1. The molecule has 1 N–H and O–H groups in total. The molecule has 0 aliphatic rings. The lowest BCUT2D eigenvalue weighted by Gasteiger charge is -2.17. The molecule has 57 heavy (non-hydrogen) atoms. The van der Waals surface area contributed by atoms with Crippen molar-refractivity contribution in [3.63, 3.8) is 0 Å². The number of benzene rings is 8. The second-order valence-corrected chi connectivity index (χ2v) is 14.8. The number of para-hydroxylation sites is 3. The first-order chi connectivity index (χ1) is 28.1. The van der Waals surface area contributed by atoms with Crippen LogP contribution >= 0.6 is 0 Å². The fraction of sp³-hybridized carbons (Fsp3) is 0.0370. The van der Waals surface area contributed by atoms with Crippen molar-refractivity contribution in [3.8, 4) is 39.1 Å². The van der Waals surface area contributed by atoms with Crippen molar-refractivity contribution >= 4 is 49.2 Å². The highest BCUT2D eigenvalue weighted by molar-refractivity contribution is 6.12. The van der Waals surface area contributed by atoms with E-state index >= 15 is 0 Å². The number of rotatable bonds is 9. The Morgan fingerprint density at radius 1 is 0.456 bits per heavy atom. The Hall–Kier alpha value is -7.36. The Morgan fingerprint density at radius 3 is 1.65 bits per heavy atom. The maximum absolute atomic E-state index is 4.43. The summed E-state index contributed by atoms with van der Waals surface area (Å²) in [4.78, 5) is 0. The molecule has 0 fully saturated rings. The first kappa shape index (κ1) is 34.2. The number of fused-ring (bicyclic) bond motifs is 6. The van der Waals surface area contributed by atoms with E-state index < -0.39 is 0 Å². The van der Waals surface area contributed by atoms with Gasteiger partial charge in [-0.15, -0.1) is 0 Å². The minimum absolute atomic E-state index is 0.00257. The number of hydrogen-bond acceptors (Lipinski definition) is 1. The van der Waals surface area contributed by atoms with Crippen molar-refractivity contribution in [3.05, 3.63) is 219 Å². The van der Waals surface area contributed by atoms with Crippen LogP contribution in [-0.4, -0.2) is 9.13 Å². The van der Waals surface area contributed by atoms with E-state index in [-0.39, 0.29) is 6.17 Å². The minimum Gasteiger partial charge on any atom is -0.371 e. The van der Waals surface area contributed by atoms with Crippen molar-refractivity contribution in [2.75, 3.05) is 0 Å². The van der Waals surface area contributed by atoms with E-state index in [0.717, 1.165) is 11.1 Å². The third-order valence-electron chi connectivity index (χ3n) is 11.3. The van der Waals surface area contributed by atoms with E-state index in [0.29, 0.717) is 0 Å². The molecular weight excluding hydrogens is 691 g/mol. The van der Waals surface area contributed by atoms with Crippen LogP contribution in [0.15, 0.2) is 213 Å². The third-order valence-corrected chi connectivity index (χ3v) is 11.3. The second-order valence-electron chi connectivity index (χ2n) is 14.8. The largest absolute Gasteiger partial charge is 0.371 e. The molecule has 2 heterocycles. The molecule has 10 aromatic rings.